The summed E-state index contributed by atoms with van der Waals surface area (Å²) in [5.41, 5.74) is 0.871. The van der Waals surface area contributed by atoms with Crippen molar-refractivity contribution < 1.29 is 9.13 Å². The summed E-state index contributed by atoms with van der Waals surface area (Å²) in [5, 5.41) is 4.56. The Morgan fingerprint density at radius 3 is 2.88 bits per heavy atom. The molecule has 0 N–H and O–H groups in total. The molecule has 0 aliphatic rings. The number of ether oxygens (including phenoxy) is 1. The molecule has 2 aromatic rings. The van der Waals surface area contributed by atoms with Gasteiger partial charge in [-0.1, -0.05) is 22.0 Å². The summed E-state index contributed by atoms with van der Waals surface area (Å²) in [6, 6.07) is 4.86. The zero-order valence-corrected chi connectivity index (χ0v) is 10.2. The third-order valence-electron chi connectivity index (χ3n) is 2.06. The van der Waals surface area contributed by atoms with Crippen molar-refractivity contribution in [2.75, 3.05) is 0 Å². The van der Waals surface area contributed by atoms with Gasteiger partial charge in [0.1, 0.15) is 0 Å². The third kappa shape index (κ3) is 2.41. The van der Waals surface area contributed by atoms with Gasteiger partial charge in [0.2, 0.25) is 0 Å². The van der Waals surface area contributed by atoms with Gasteiger partial charge >= 0.3 is 0 Å². The van der Waals surface area contributed by atoms with Gasteiger partial charge in [-0.3, -0.25) is 4.68 Å². The van der Waals surface area contributed by atoms with Crippen LogP contribution in [0.15, 0.2) is 30.6 Å². The molecule has 0 spiro atoms. The first-order valence-corrected chi connectivity index (χ1v) is 5.82. The molecular weight excluding hydrogens is 275 g/mol. The van der Waals surface area contributed by atoms with E-state index in [4.69, 9.17) is 4.74 Å². The molecule has 0 amide bonds. The lowest BCUT2D eigenvalue weighted by Gasteiger charge is -2.05. The number of aromatic nitrogens is 2. The normalized spacial score (nSPS) is 10.4. The van der Waals surface area contributed by atoms with E-state index in [0.717, 1.165) is 5.56 Å². The molecule has 0 bridgehead atoms. The quantitative estimate of drug-likeness (QED) is 0.809. The van der Waals surface area contributed by atoms with Crippen LogP contribution in [0.4, 0.5) is 4.39 Å². The molecule has 0 fully saturated rings. The molecule has 0 aliphatic carbocycles. The second-order valence-electron chi connectivity index (χ2n) is 3.35. The van der Waals surface area contributed by atoms with Crippen molar-refractivity contribution in [2.45, 2.75) is 5.33 Å². The third-order valence-corrected chi connectivity index (χ3v) is 2.71. The van der Waals surface area contributed by atoms with Crippen molar-refractivity contribution >= 4 is 15.9 Å². The number of hydrogen-bond acceptors (Lipinski definition) is 2. The smallest absolute Gasteiger partial charge is 0.166 e. The fourth-order valence-corrected chi connectivity index (χ4v) is 1.64. The highest BCUT2D eigenvalue weighted by Gasteiger charge is 2.06. The molecule has 1 aromatic carbocycles. The number of alkyl halides is 1. The average molecular weight is 285 g/mol. The summed E-state index contributed by atoms with van der Waals surface area (Å²) >= 11 is 3.27. The van der Waals surface area contributed by atoms with Crippen LogP contribution in [-0.4, -0.2) is 9.78 Å². The van der Waals surface area contributed by atoms with Crippen molar-refractivity contribution in [3.8, 4) is 11.5 Å². The van der Waals surface area contributed by atoms with Crippen LogP contribution in [0, 0.1) is 5.82 Å². The predicted octanol–water partition coefficient (Wildman–Crippen LogP) is 3.25. The largest absolute Gasteiger partial charge is 0.451 e. The molecule has 5 heteroatoms. The molecule has 0 saturated carbocycles. The number of halogens is 2. The second-order valence-corrected chi connectivity index (χ2v) is 3.91. The average Bonchev–Trinajstić information content (AvgIpc) is 2.67. The number of rotatable bonds is 3. The van der Waals surface area contributed by atoms with Gasteiger partial charge in [-0.25, -0.2) is 4.39 Å². The molecule has 1 heterocycles. The molecule has 2 rings (SSSR count). The minimum absolute atomic E-state index is 0.206. The highest BCUT2D eigenvalue weighted by molar-refractivity contribution is 9.08. The fourth-order valence-electron chi connectivity index (χ4n) is 1.29. The molecule has 0 saturated heterocycles. The Bertz CT molecular complexity index is 498. The second kappa shape index (κ2) is 4.65. The summed E-state index contributed by atoms with van der Waals surface area (Å²) in [6.07, 6.45) is 3.22. The monoisotopic (exact) mass is 284 g/mol. The van der Waals surface area contributed by atoms with Crippen molar-refractivity contribution in [1.29, 1.82) is 0 Å². The first kappa shape index (κ1) is 11.1. The van der Waals surface area contributed by atoms with E-state index in [1.807, 2.05) is 6.07 Å². The van der Waals surface area contributed by atoms with Crippen LogP contribution in [-0.2, 0) is 12.4 Å². The minimum Gasteiger partial charge on any atom is -0.451 e. The van der Waals surface area contributed by atoms with Gasteiger partial charge in [0.15, 0.2) is 17.3 Å². The number of aryl methyl sites for hydroxylation is 1. The zero-order chi connectivity index (χ0) is 11.5. The summed E-state index contributed by atoms with van der Waals surface area (Å²) in [7, 11) is 1.77. The van der Waals surface area contributed by atoms with Crippen molar-refractivity contribution in [1.82, 2.24) is 9.78 Å². The van der Waals surface area contributed by atoms with Crippen molar-refractivity contribution in [3.05, 3.63) is 42.0 Å². The lowest BCUT2D eigenvalue weighted by atomic mass is 10.2. The summed E-state index contributed by atoms with van der Waals surface area (Å²) < 4.78 is 20.5. The van der Waals surface area contributed by atoms with Crippen LogP contribution in [0.1, 0.15) is 5.56 Å². The molecule has 0 unspecified atom stereocenters. The fraction of sp³-hybridized carbons (Fsp3) is 0.182. The summed E-state index contributed by atoms with van der Waals surface area (Å²) in [4.78, 5) is 0. The number of hydrogen-bond donors (Lipinski definition) is 0. The summed E-state index contributed by atoms with van der Waals surface area (Å²) in [5.74, 6) is 0.353. The van der Waals surface area contributed by atoms with Crippen LogP contribution in [0.5, 0.6) is 11.5 Å². The van der Waals surface area contributed by atoms with Crippen LogP contribution < -0.4 is 4.74 Å². The Morgan fingerprint density at radius 1 is 1.50 bits per heavy atom. The maximum atomic E-state index is 13.6. The lowest BCUT2D eigenvalue weighted by Crippen LogP contribution is -1.89. The molecule has 3 nitrogen and oxygen atoms in total. The van der Waals surface area contributed by atoms with Gasteiger partial charge in [0, 0.05) is 12.4 Å². The van der Waals surface area contributed by atoms with Crippen LogP contribution in [0.2, 0.25) is 0 Å². The zero-order valence-electron chi connectivity index (χ0n) is 8.65. The number of nitrogens with zero attached hydrogens (tertiary/aromatic N) is 2. The van der Waals surface area contributed by atoms with E-state index in [0.29, 0.717) is 11.1 Å². The van der Waals surface area contributed by atoms with E-state index in [1.54, 1.807) is 24.0 Å². The molecule has 1 aromatic heterocycles. The first-order valence-electron chi connectivity index (χ1n) is 4.70. The number of benzene rings is 1. The van der Waals surface area contributed by atoms with E-state index >= 15 is 0 Å². The maximum Gasteiger partial charge on any atom is 0.166 e. The van der Waals surface area contributed by atoms with Crippen molar-refractivity contribution in [2.24, 2.45) is 7.05 Å². The SMILES string of the molecule is Cn1cc(Oc2ccc(CBr)cc2F)cn1. The van der Waals surface area contributed by atoms with E-state index in [1.165, 1.54) is 12.3 Å². The van der Waals surface area contributed by atoms with E-state index in [9.17, 15) is 4.39 Å². The van der Waals surface area contributed by atoms with Crippen LogP contribution >= 0.6 is 15.9 Å². The lowest BCUT2D eigenvalue weighted by molar-refractivity contribution is 0.441. The maximum absolute atomic E-state index is 13.6. The van der Waals surface area contributed by atoms with Crippen LogP contribution in [0.3, 0.4) is 0 Å². The Labute approximate surface area is 101 Å². The van der Waals surface area contributed by atoms with Gasteiger partial charge in [-0.05, 0) is 17.7 Å². The van der Waals surface area contributed by atoms with Crippen molar-refractivity contribution in [3.63, 3.8) is 0 Å². The predicted molar refractivity (Wildman–Crippen MR) is 62.3 cm³/mol. The topological polar surface area (TPSA) is 27.1 Å². The molecule has 0 radical (unpaired) electrons. The Kier molecular flexibility index (Phi) is 3.24. The molecule has 0 aliphatic heterocycles. The van der Waals surface area contributed by atoms with Gasteiger partial charge in [-0.2, -0.15) is 5.10 Å². The molecular formula is C11H10BrFN2O. The van der Waals surface area contributed by atoms with Gasteiger partial charge in [0.05, 0.1) is 12.4 Å². The van der Waals surface area contributed by atoms with Gasteiger partial charge in [-0.15, -0.1) is 0 Å². The summed E-state index contributed by atoms with van der Waals surface area (Å²) in [6.45, 7) is 0. The minimum atomic E-state index is -0.374. The molecule has 84 valence electrons. The Morgan fingerprint density at radius 2 is 2.31 bits per heavy atom. The Hall–Kier alpha value is -1.36. The van der Waals surface area contributed by atoms with Gasteiger partial charge in [0.25, 0.3) is 0 Å². The van der Waals surface area contributed by atoms with E-state index in [-0.39, 0.29) is 11.6 Å². The van der Waals surface area contributed by atoms with E-state index < -0.39 is 0 Å². The van der Waals surface area contributed by atoms with E-state index in [2.05, 4.69) is 21.0 Å². The highest BCUT2D eigenvalue weighted by Crippen LogP contribution is 2.25. The first-order chi connectivity index (χ1) is 7.69. The molecule has 0 atom stereocenters. The molecule has 16 heavy (non-hydrogen) atoms. The standard InChI is InChI=1S/C11H10BrFN2O/c1-15-7-9(6-14-15)16-11-3-2-8(5-12)4-10(11)13/h2-4,6-7H,5H2,1H3. The Balaban J connectivity index is 2.21. The van der Waals surface area contributed by atoms with Gasteiger partial charge < -0.3 is 4.74 Å². The highest BCUT2D eigenvalue weighted by atomic mass is 79.9. The van der Waals surface area contributed by atoms with Crippen LogP contribution in [0.25, 0.3) is 0 Å².